The van der Waals surface area contributed by atoms with Crippen molar-refractivity contribution in [2.45, 2.75) is 20.3 Å². The van der Waals surface area contributed by atoms with Gasteiger partial charge in [0.2, 0.25) is 6.41 Å². The number of pyridine rings is 1. The van der Waals surface area contributed by atoms with Crippen LogP contribution in [0.4, 0.5) is 17.3 Å². The van der Waals surface area contributed by atoms with Crippen molar-refractivity contribution in [3.63, 3.8) is 0 Å². The van der Waals surface area contributed by atoms with Gasteiger partial charge in [-0.1, -0.05) is 11.3 Å². The summed E-state index contributed by atoms with van der Waals surface area (Å²) >= 11 is 0. The number of amides is 1. The van der Waals surface area contributed by atoms with Crippen molar-refractivity contribution < 1.29 is 14.3 Å². The van der Waals surface area contributed by atoms with Gasteiger partial charge in [0.15, 0.2) is 5.82 Å². The van der Waals surface area contributed by atoms with Gasteiger partial charge in [-0.3, -0.25) is 4.79 Å². The lowest BCUT2D eigenvalue weighted by atomic mass is 10.1. The molecule has 1 aliphatic rings. The first kappa shape index (κ1) is 29.2. The van der Waals surface area contributed by atoms with Gasteiger partial charge in [0, 0.05) is 45.4 Å². The number of allylic oxidation sites excluding steroid dienone is 1. The zero-order chi connectivity index (χ0) is 30.3. The van der Waals surface area contributed by atoms with E-state index in [0.717, 1.165) is 59.5 Å². The lowest BCUT2D eigenvalue weighted by molar-refractivity contribution is -0.117. The molecule has 1 fully saturated rings. The molecule has 0 saturated carbocycles. The second-order valence-corrected chi connectivity index (χ2v) is 10.1. The number of hydrogen-bond donors (Lipinski definition) is 1. The zero-order valence-corrected chi connectivity index (χ0v) is 24.8. The molecule has 0 bridgehead atoms. The van der Waals surface area contributed by atoms with Crippen LogP contribution in [-0.4, -0.2) is 74.5 Å². The van der Waals surface area contributed by atoms with Crippen LogP contribution in [0.2, 0.25) is 0 Å². The summed E-state index contributed by atoms with van der Waals surface area (Å²) in [4.78, 5) is 29.0. The fraction of sp³-hybridized carbons (Fsp3) is 0.290. The van der Waals surface area contributed by atoms with Crippen LogP contribution in [0.1, 0.15) is 18.9 Å². The van der Waals surface area contributed by atoms with Crippen molar-refractivity contribution in [3.05, 3.63) is 67.0 Å². The minimum absolute atomic E-state index is 0.565. The number of aryl methyl sites for hydroxylation is 2. The summed E-state index contributed by atoms with van der Waals surface area (Å²) in [6, 6.07) is 13.4. The third-order valence-corrected chi connectivity index (χ3v) is 7.03. The number of anilines is 3. The molecule has 1 N–H and O–H groups in total. The molecule has 12 heteroatoms. The van der Waals surface area contributed by atoms with Crippen molar-refractivity contribution in [1.29, 1.82) is 0 Å². The molecule has 1 aliphatic heterocycles. The van der Waals surface area contributed by atoms with Crippen molar-refractivity contribution in [1.82, 2.24) is 34.8 Å². The predicted octanol–water partition coefficient (Wildman–Crippen LogP) is 5.02. The Labute approximate surface area is 250 Å². The van der Waals surface area contributed by atoms with E-state index in [-0.39, 0.29) is 0 Å². The Balaban J connectivity index is 0.00000118. The Morgan fingerprint density at radius 1 is 1.00 bits per heavy atom. The van der Waals surface area contributed by atoms with Gasteiger partial charge < -0.3 is 24.6 Å². The van der Waals surface area contributed by atoms with Crippen LogP contribution >= 0.6 is 0 Å². The first-order valence-corrected chi connectivity index (χ1v) is 14.0. The molecule has 0 radical (unpaired) electrons. The Morgan fingerprint density at radius 3 is 2.63 bits per heavy atom. The number of carbonyl (C=O) groups is 1. The van der Waals surface area contributed by atoms with Crippen molar-refractivity contribution in [2.75, 3.05) is 43.5 Å². The summed E-state index contributed by atoms with van der Waals surface area (Å²) in [7, 11) is 3.46. The van der Waals surface area contributed by atoms with E-state index in [1.54, 1.807) is 22.8 Å². The number of nitrogens with one attached hydrogen (secondary N) is 1. The molecular formula is C31H35N9O3. The molecular weight excluding hydrogens is 546 g/mol. The molecule has 0 aliphatic carbocycles. The standard InChI is InChI=1S/C28H29N9O3.C3H6/c1-18-13-22(25(39-3)15-24(18)40-19-5-7-23-21(14-19)33-34-35(23)2)31-28-27-20(29-16-30-28)6-8-26(32-27)37-10-4-9-36(17-38)11-12-37;1-3-2/h5-8,13-17H,4,9-12H2,1-3H3,(H,29,30,31);3H,1H2,2H3. The SMILES string of the molecule is C=CC.COc1cc(Oc2ccc3c(c2)nnn3C)c(C)cc1Nc1ncnc2ccc(N3CCCN(C=O)CC3)nc12. The normalized spacial score (nSPS) is 13.2. The molecule has 1 saturated heterocycles. The maximum atomic E-state index is 11.2. The molecule has 222 valence electrons. The number of benzene rings is 2. The fourth-order valence-electron chi connectivity index (χ4n) is 4.85. The number of carbonyl (C=O) groups excluding carboxylic acids is 1. The van der Waals surface area contributed by atoms with E-state index >= 15 is 0 Å². The largest absolute Gasteiger partial charge is 0.494 e. The quantitative estimate of drug-likeness (QED) is 0.207. The third-order valence-electron chi connectivity index (χ3n) is 7.03. The molecule has 12 nitrogen and oxygen atoms in total. The second kappa shape index (κ2) is 13.1. The van der Waals surface area contributed by atoms with E-state index in [4.69, 9.17) is 14.5 Å². The average molecular weight is 582 g/mol. The van der Waals surface area contributed by atoms with Gasteiger partial charge in [-0.2, -0.15) is 0 Å². The number of rotatable bonds is 7. The number of aromatic nitrogens is 6. The highest BCUT2D eigenvalue weighted by Gasteiger charge is 2.18. The fourth-order valence-corrected chi connectivity index (χ4v) is 4.85. The topological polar surface area (TPSA) is 123 Å². The number of fused-ring (bicyclic) bond motifs is 2. The third kappa shape index (κ3) is 6.48. The molecule has 2 aromatic carbocycles. The number of nitrogens with zero attached hydrogens (tertiary/aromatic N) is 8. The lowest BCUT2D eigenvalue weighted by Gasteiger charge is -2.22. The minimum Gasteiger partial charge on any atom is -0.494 e. The van der Waals surface area contributed by atoms with E-state index < -0.39 is 0 Å². The highest BCUT2D eigenvalue weighted by Crippen LogP contribution is 2.37. The van der Waals surface area contributed by atoms with Gasteiger partial charge in [0.1, 0.15) is 40.4 Å². The zero-order valence-electron chi connectivity index (χ0n) is 24.8. The van der Waals surface area contributed by atoms with Crippen LogP contribution in [0, 0.1) is 6.92 Å². The lowest BCUT2D eigenvalue weighted by Crippen LogP contribution is -2.30. The van der Waals surface area contributed by atoms with Crippen LogP contribution < -0.4 is 19.7 Å². The van der Waals surface area contributed by atoms with Gasteiger partial charge in [0.25, 0.3) is 0 Å². The molecule has 0 atom stereocenters. The van der Waals surface area contributed by atoms with Gasteiger partial charge in [-0.05, 0) is 56.2 Å². The molecule has 6 rings (SSSR count). The van der Waals surface area contributed by atoms with Crippen LogP contribution in [0.25, 0.3) is 22.1 Å². The van der Waals surface area contributed by atoms with Crippen LogP contribution in [0.5, 0.6) is 17.2 Å². The Hall–Kier alpha value is -5.26. The summed E-state index contributed by atoms with van der Waals surface area (Å²) in [6.07, 6.45) is 5.06. The molecule has 0 spiro atoms. The Bertz CT molecular complexity index is 1750. The molecule has 0 unspecified atom stereocenters. The van der Waals surface area contributed by atoms with Crippen LogP contribution in [0.15, 0.2) is 61.4 Å². The van der Waals surface area contributed by atoms with E-state index in [0.29, 0.717) is 41.7 Å². The summed E-state index contributed by atoms with van der Waals surface area (Å²) in [5.41, 5.74) is 4.68. The minimum atomic E-state index is 0.565. The average Bonchev–Trinajstić information content (AvgIpc) is 3.21. The second-order valence-electron chi connectivity index (χ2n) is 10.1. The van der Waals surface area contributed by atoms with Crippen molar-refractivity contribution in [2.24, 2.45) is 7.05 Å². The van der Waals surface area contributed by atoms with Gasteiger partial charge in [-0.15, -0.1) is 11.7 Å². The molecule has 5 aromatic rings. The Kier molecular flexibility index (Phi) is 8.94. The monoisotopic (exact) mass is 581 g/mol. The summed E-state index contributed by atoms with van der Waals surface area (Å²) in [6.45, 7) is 10.2. The maximum absolute atomic E-state index is 11.2. The maximum Gasteiger partial charge on any atom is 0.209 e. The smallest absolute Gasteiger partial charge is 0.209 e. The first-order valence-electron chi connectivity index (χ1n) is 14.0. The van der Waals surface area contributed by atoms with E-state index in [1.807, 2.05) is 63.4 Å². The van der Waals surface area contributed by atoms with Crippen molar-refractivity contribution in [3.8, 4) is 17.2 Å². The predicted molar refractivity (Wildman–Crippen MR) is 167 cm³/mol. The number of hydrogen-bond acceptors (Lipinski definition) is 10. The van der Waals surface area contributed by atoms with E-state index in [2.05, 4.69) is 37.1 Å². The molecule has 4 heterocycles. The van der Waals surface area contributed by atoms with E-state index in [1.165, 1.54) is 6.33 Å². The Morgan fingerprint density at radius 2 is 1.84 bits per heavy atom. The summed E-state index contributed by atoms with van der Waals surface area (Å²) in [5, 5.41) is 11.6. The van der Waals surface area contributed by atoms with E-state index in [9.17, 15) is 4.79 Å². The summed E-state index contributed by atoms with van der Waals surface area (Å²) < 4.78 is 13.6. The molecule has 3 aromatic heterocycles. The number of ether oxygens (including phenoxy) is 2. The van der Waals surface area contributed by atoms with Gasteiger partial charge in [-0.25, -0.2) is 19.6 Å². The number of methoxy groups -OCH3 is 1. The van der Waals surface area contributed by atoms with Crippen molar-refractivity contribution >= 4 is 45.8 Å². The summed E-state index contributed by atoms with van der Waals surface area (Å²) in [5.74, 6) is 3.29. The van der Waals surface area contributed by atoms with Crippen LogP contribution in [-0.2, 0) is 11.8 Å². The van der Waals surface area contributed by atoms with Gasteiger partial charge in [0.05, 0.1) is 23.8 Å². The first-order chi connectivity index (χ1) is 20.9. The van der Waals surface area contributed by atoms with Crippen LogP contribution in [0.3, 0.4) is 0 Å². The highest BCUT2D eigenvalue weighted by atomic mass is 16.5. The highest BCUT2D eigenvalue weighted by molar-refractivity contribution is 5.89. The van der Waals surface area contributed by atoms with Gasteiger partial charge >= 0.3 is 0 Å². The molecule has 1 amide bonds. The molecule has 43 heavy (non-hydrogen) atoms.